The van der Waals surface area contributed by atoms with Crippen LogP contribution in [0, 0.1) is 0 Å². The number of carboxylic acid groups (broad SMARTS) is 1. The van der Waals surface area contributed by atoms with Gasteiger partial charge in [-0.1, -0.05) is 0 Å². The third kappa shape index (κ3) is 3.13. The molecule has 1 aliphatic heterocycles. The minimum Gasteiger partial charge on any atom is -0.465 e. The Kier molecular flexibility index (Phi) is 3.90. The van der Waals surface area contributed by atoms with E-state index >= 15 is 0 Å². The summed E-state index contributed by atoms with van der Waals surface area (Å²) in [5.74, 6) is -0.386. The van der Waals surface area contributed by atoms with Gasteiger partial charge in [-0.05, 0) is 34.7 Å². The van der Waals surface area contributed by atoms with Crippen molar-refractivity contribution in [3.05, 3.63) is 0 Å². The predicted octanol–water partition coefficient (Wildman–Crippen LogP) is 1.01. The van der Waals surface area contributed by atoms with Crippen LogP contribution in [0.3, 0.4) is 0 Å². The van der Waals surface area contributed by atoms with E-state index in [1.54, 1.807) is 27.7 Å². The van der Waals surface area contributed by atoms with Gasteiger partial charge in [-0.3, -0.25) is 4.90 Å². The lowest BCUT2D eigenvalue weighted by Gasteiger charge is -2.45. The van der Waals surface area contributed by atoms with Crippen molar-refractivity contribution in [2.24, 2.45) is 0 Å². The second-order valence-corrected chi connectivity index (χ2v) is 5.90. The Balaban J connectivity index is 2.87. The highest BCUT2D eigenvalue weighted by Crippen LogP contribution is 2.24. The molecular formula is C12H22N2O4. The number of ether oxygens (including phenoxy) is 1. The fraction of sp³-hybridized carbons (Fsp3) is 0.833. The molecule has 1 saturated heterocycles. The molecule has 1 heterocycles. The Bertz CT molecular complexity index is 350. The summed E-state index contributed by atoms with van der Waals surface area (Å²) in [5, 5.41) is 9.03. The molecule has 104 valence electrons. The molecule has 1 fully saturated rings. The van der Waals surface area contributed by atoms with Crippen LogP contribution in [-0.4, -0.2) is 64.8 Å². The summed E-state index contributed by atoms with van der Waals surface area (Å²) in [5.41, 5.74) is -1.50. The molecule has 1 aliphatic rings. The van der Waals surface area contributed by atoms with Crippen molar-refractivity contribution in [2.75, 3.05) is 26.7 Å². The summed E-state index contributed by atoms with van der Waals surface area (Å²) in [6.45, 7) is 8.17. The first kappa shape index (κ1) is 14.8. The number of piperazine rings is 1. The van der Waals surface area contributed by atoms with Crippen LogP contribution in [0.15, 0.2) is 0 Å². The van der Waals surface area contributed by atoms with E-state index in [2.05, 4.69) is 0 Å². The molecule has 1 N–H and O–H groups in total. The zero-order valence-electron chi connectivity index (χ0n) is 11.7. The van der Waals surface area contributed by atoms with Crippen molar-refractivity contribution in [2.45, 2.75) is 38.8 Å². The molecule has 6 heteroatoms. The van der Waals surface area contributed by atoms with Gasteiger partial charge in [-0.15, -0.1) is 0 Å². The topological polar surface area (TPSA) is 70.1 Å². The zero-order chi connectivity index (χ0) is 14.1. The number of amides is 1. The van der Waals surface area contributed by atoms with Gasteiger partial charge in [0.15, 0.2) is 0 Å². The summed E-state index contributed by atoms with van der Waals surface area (Å²) in [6.07, 6.45) is -1.00. The predicted molar refractivity (Wildman–Crippen MR) is 66.5 cm³/mol. The lowest BCUT2D eigenvalue weighted by Crippen LogP contribution is -2.65. The molecule has 0 spiro atoms. The quantitative estimate of drug-likeness (QED) is 0.711. The van der Waals surface area contributed by atoms with E-state index in [9.17, 15) is 9.59 Å². The second-order valence-electron chi connectivity index (χ2n) is 5.90. The maximum atomic E-state index is 12.2. The highest BCUT2D eigenvalue weighted by molar-refractivity contribution is 5.82. The van der Waals surface area contributed by atoms with Crippen molar-refractivity contribution < 1.29 is 19.4 Å². The van der Waals surface area contributed by atoms with Gasteiger partial charge >= 0.3 is 12.1 Å². The maximum Gasteiger partial charge on any atom is 0.407 e. The normalized spacial score (nSPS) is 25.9. The van der Waals surface area contributed by atoms with Crippen LogP contribution in [0.5, 0.6) is 0 Å². The number of carbonyl (C=O) groups excluding carboxylic acids is 1. The molecular weight excluding hydrogens is 236 g/mol. The molecule has 1 atom stereocenters. The lowest BCUT2D eigenvalue weighted by atomic mass is 9.96. The largest absolute Gasteiger partial charge is 0.465 e. The van der Waals surface area contributed by atoms with Gasteiger partial charge in [0.2, 0.25) is 0 Å². The molecule has 0 aromatic heterocycles. The Morgan fingerprint density at radius 2 is 1.83 bits per heavy atom. The lowest BCUT2D eigenvalue weighted by molar-refractivity contribution is -0.171. The molecule has 18 heavy (non-hydrogen) atoms. The Morgan fingerprint density at radius 1 is 1.28 bits per heavy atom. The fourth-order valence-corrected chi connectivity index (χ4v) is 1.86. The van der Waals surface area contributed by atoms with E-state index < -0.39 is 17.2 Å². The molecule has 0 saturated carbocycles. The number of carbonyl (C=O) groups is 2. The first-order chi connectivity index (χ1) is 8.06. The van der Waals surface area contributed by atoms with Crippen molar-refractivity contribution in [1.29, 1.82) is 0 Å². The van der Waals surface area contributed by atoms with E-state index in [1.165, 1.54) is 4.90 Å². The first-order valence-corrected chi connectivity index (χ1v) is 5.99. The monoisotopic (exact) mass is 258 g/mol. The fourth-order valence-electron chi connectivity index (χ4n) is 1.86. The van der Waals surface area contributed by atoms with Crippen LogP contribution in [0.2, 0.25) is 0 Å². The SMILES string of the molecule is CN1CCN(C(=O)O)CC1(C)C(=O)OC(C)(C)C. The number of hydrogen-bond donors (Lipinski definition) is 1. The number of hydrogen-bond acceptors (Lipinski definition) is 4. The van der Waals surface area contributed by atoms with Gasteiger partial charge < -0.3 is 14.7 Å². The average molecular weight is 258 g/mol. The zero-order valence-corrected chi connectivity index (χ0v) is 11.7. The van der Waals surface area contributed by atoms with Gasteiger partial charge in [-0.2, -0.15) is 0 Å². The van der Waals surface area contributed by atoms with Crippen LogP contribution < -0.4 is 0 Å². The number of rotatable bonds is 1. The van der Waals surface area contributed by atoms with E-state index in [0.717, 1.165) is 0 Å². The Hall–Kier alpha value is -1.30. The summed E-state index contributed by atoms with van der Waals surface area (Å²) in [6, 6.07) is 0. The molecule has 6 nitrogen and oxygen atoms in total. The van der Waals surface area contributed by atoms with E-state index in [0.29, 0.717) is 13.1 Å². The average Bonchev–Trinajstić information content (AvgIpc) is 2.19. The molecule has 1 amide bonds. The van der Waals surface area contributed by atoms with Crippen LogP contribution >= 0.6 is 0 Å². The summed E-state index contributed by atoms with van der Waals surface area (Å²) < 4.78 is 5.38. The minimum absolute atomic E-state index is 0.133. The molecule has 0 bridgehead atoms. The molecule has 0 aromatic carbocycles. The Labute approximate surface area is 107 Å². The van der Waals surface area contributed by atoms with E-state index in [4.69, 9.17) is 9.84 Å². The first-order valence-electron chi connectivity index (χ1n) is 5.99. The van der Waals surface area contributed by atoms with Crippen LogP contribution in [0.1, 0.15) is 27.7 Å². The molecule has 1 unspecified atom stereocenters. The van der Waals surface area contributed by atoms with E-state index in [1.807, 2.05) is 11.9 Å². The number of likely N-dealkylation sites (N-methyl/N-ethyl adjacent to an activating group) is 1. The smallest absolute Gasteiger partial charge is 0.407 e. The van der Waals surface area contributed by atoms with Crippen molar-refractivity contribution >= 4 is 12.1 Å². The van der Waals surface area contributed by atoms with Crippen LogP contribution in [0.25, 0.3) is 0 Å². The maximum absolute atomic E-state index is 12.2. The van der Waals surface area contributed by atoms with Crippen molar-refractivity contribution in [3.63, 3.8) is 0 Å². The van der Waals surface area contributed by atoms with Gasteiger partial charge in [0, 0.05) is 13.1 Å². The summed E-state index contributed by atoms with van der Waals surface area (Å²) >= 11 is 0. The number of nitrogens with zero attached hydrogens (tertiary/aromatic N) is 2. The Morgan fingerprint density at radius 3 is 2.28 bits per heavy atom. The second kappa shape index (κ2) is 4.76. The molecule has 0 aromatic rings. The number of esters is 1. The highest BCUT2D eigenvalue weighted by atomic mass is 16.6. The van der Waals surface area contributed by atoms with Gasteiger partial charge in [-0.25, -0.2) is 9.59 Å². The van der Waals surface area contributed by atoms with Gasteiger partial charge in [0.05, 0.1) is 6.54 Å². The van der Waals surface area contributed by atoms with Gasteiger partial charge in [0.1, 0.15) is 11.1 Å². The molecule has 0 aliphatic carbocycles. The molecule has 1 rings (SSSR count). The van der Waals surface area contributed by atoms with Crippen molar-refractivity contribution in [3.8, 4) is 0 Å². The highest BCUT2D eigenvalue weighted by Gasteiger charge is 2.45. The van der Waals surface area contributed by atoms with E-state index in [-0.39, 0.29) is 12.5 Å². The third-order valence-corrected chi connectivity index (χ3v) is 3.16. The minimum atomic E-state index is -1.00. The standard InChI is InChI=1S/C12H22N2O4/c1-11(2,3)18-9(15)12(4)8-14(10(16)17)7-6-13(12)5/h6-8H2,1-5H3,(H,16,17). The van der Waals surface area contributed by atoms with Crippen LogP contribution in [-0.2, 0) is 9.53 Å². The van der Waals surface area contributed by atoms with Crippen LogP contribution in [0.4, 0.5) is 4.79 Å². The summed E-state index contributed by atoms with van der Waals surface area (Å²) in [4.78, 5) is 26.3. The van der Waals surface area contributed by atoms with Gasteiger partial charge in [0.25, 0.3) is 0 Å². The third-order valence-electron chi connectivity index (χ3n) is 3.16. The summed E-state index contributed by atoms with van der Waals surface area (Å²) in [7, 11) is 1.81. The van der Waals surface area contributed by atoms with Crippen molar-refractivity contribution in [1.82, 2.24) is 9.80 Å². The molecule has 0 radical (unpaired) electrons.